The van der Waals surface area contributed by atoms with Gasteiger partial charge < -0.3 is 5.32 Å². The Morgan fingerprint density at radius 3 is 2.86 bits per heavy atom. The van der Waals surface area contributed by atoms with Crippen LogP contribution in [0.5, 0.6) is 0 Å². The number of nitrogens with zero attached hydrogens (tertiary/aromatic N) is 5. The van der Waals surface area contributed by atoms with Gasteiger partial charge in [-0.25, -0.2) is 9.97 Å². The van der Waals surface area contributed by atoms with Gasteiger partial charge in [0, 0.05) is 21.2 Å². The van der Waals surface area contributed by atoms with E-state index >= 15 is 0 Å². The smallest absolute Gasteiger partial charge is 0.234 e. The number of thioether (sulfide) groups is 1. The second-order valence-electron chi connectivity index (χ2n) is 8.70. The van der Waals surface area contributed by atoms with Gasteiger partial charge in [0.25, 0.3) is 0 Å². The molecule has 4 heterocycles. The number of aryl methyl sites for hydroxylation is 2. The van der Waals surface area contributed by atoms with Gasteiger partial charge in [0.15, 0.2) is 10.8 Å². The normalized spacial score (nSPS) is 13.2. The van der Waals surface area contributed by atoms with E-state index in [1.54, 1.807) is 17.7 Å². The maximum atomic E-state index is 12.5. The first kappa shape index (κ1) is 22.9. The van der Waals surface area contributed by atoms with E-state index in [-0.39, 0.29) is 11.7 Å². The molecule has 1 aliphatic rings. The number of nitrogens with one attached hydrogen (secondary N) is 1. The van der Waals surface area contributed by atoms with Crippen molar-refractivity contribution < 1.29 is 4.79 Å². The molecule has 178 valence electrons. The van der Waals surface area contributed by atoms with Crippen LogP contribution in [-0.2, 0) is 24.1 Å². The summed E-state index contributed by atoms with van der Waals surface area (Å²) in [6, 6.07) is 7.51. The van der Waals surface area contributed by atoms with Gasteiger partial charge in [0.05, 0.1) is 11.3 Å². The van der Waals surface area contributed by atoms with Crippen LogP contribution in [0.1, 0.15) is 43.0 Å². The van der Waals surface area contributed by atoms with Crippen molar-refractivity contribution in [1.29, 1.82) is 0 Å². The van der Waals surface area contributed by atoms with Crippen molar-refractivity contribution in [2.24, 2.45) is 0 Å². The predicted molar refractivity (Wildman–Crippen MR) is 146 cm³/mol. The Hall–Kier alpha value is -2.56. The van der Waals surface area contributed by atoms with Crippen molar-refractivity contribution in [3.8, 4) is 0 Å². The predicted octanol–water partition coefficient (Wildman–Crippen LogP) is 6.21. The van der Waals surface area contributed by atoms with Crippen LogP contribution < -0.4 is 5.32 Å². The summed E-state index contributed by atoms with van der Waals surface area (Å²) in [4.78, 5) is 23.4. The maximum Gasteiger partial charge on any atom is 0.234 e. The van der Waals surface area contributed by atoms with Crippen molar-refractivity contribution in [3.63, 3.8) is 0 Å². The number of rotatable bonds is 7. The van der Waals surface area contributed by atoms with Gasteiger partial charge in [-0.2, -0.15) is 0 Å². The molecule has 1 N–H and O–H groups in total. The van der Waals surface area contributed by atoms with E-state index in [0.717, 1.165) is 50.1 Å². The zero-order chi connectivity index (χ0) is 23.9. The zero-order valence-electron chi connectivity index (χ0n) is 19.2. The van der Waals surface area contributed by atoms with Crippen LogP contribution in [0.2, 0.25) is 0 Å². The number of carbonyl (C=O) groups is 1. The minimum absolute atomic E-state index is 0.0932. The third-order valence-corrected chi connectivity index (χ3v) is 8.91. The van der Waals surface area contributed by atoms with E-state index in [0.29, 0.717) is 5.16 Å². The van der Waals surface area contributed by atoms with Crippen molar-refractivity contribution in [1.82, 2.24) is 24.6 Å². The molecular weight excluding hydrogens is 544 g/mol. The first-order valence-electron chi connectivity index (χ1n) is 11.8. The third kappa shape index (κ3) is 4.21. The lowest BCUT2D eigenvalue weighted by molar-refractivity contribution is -0.113. The SMILES string of the molecule is CCCCc1nc2sc3c(ncn4c(SCC(=O)Nc5ccc(Br)cc5)nnc34)c2c2c1CCC2. The molecule has 35 heavy (non-hydrogen) atoms. The Bertz CT molecular complexity index is 1580. The number of pyridine rings is 1. The van der Waals surface area contributed by atoms with Gasteiger partial charge in [-0.1, -0.05) is 41.0 Å². The molecule has 5 aromatic rings. The van der Waals surface area contributed by atoms with Gasteiger partial charge in [-0.3, -0.25) is 9.20 Å². The van der Waals surface area contributed by atoms with Crippen LogP contribution in [0.15, 0.2) is 40.2 Å². The molecule has 7 nitrogen and oxygen atoms in total. The molecule has 0 unspecified atom stereocenters. The Morgan fingerprint density at radius 2 is 2.03 bits per heavy atom. The van der Waals surface area contributed by atoms with E-state index in [4.69, 9.17) is 9.97 Å². The number of halogens is 1. The van der Waals surface area contributed by atoms with E-state index in [1.165, 1.54) is 53.2 Å². The number of carbonyl (C=O) groups excluding carboxylic acids is 1. The number of unbranched alkanes of at least 4 members (excludes halogenated alkanes) is 1. The number of thiophene rings is 1. The molecule has 0 bridgehead atoms. The summed E-state index contributed by atoms with van der Waals surface area (Å²) in [6.45, 7) is 2.23. The molecule has 1 amide bonds. The second kappa shape index (κ2) is 9.48. The highest BCUT2D eigenvalue weighted by molar-refractivity contribution is 9.10. The maximum absolute atomic E-state index is 12.5. The lowest BCUT2D eigenvalue weighted by atomic mass is 10.0. The molecule has 6 rings (SSSR count). The summed E-state index contributed by atoms with van der Waals surface area (Å²) in [7, 11) is 0. The van der Waals surface area contributed by atoms with Gasteiger partial charge in [0.2, 0.25) is 5.91 Å². The number of benzene rings is 1. The molecule has 0 saturated carbocycles. The van der Waals surface area contributed by atoms with E-state index in [2.05, 4.69) is 38.4 Å². The van der Waals surface area contributed by atoms with Crippen LogP contribution in [-0.4, -0.2) is 36.2 Å². The molecule has 0 fully saturated rings. The first-order chi connectivity index (χ1) is 17.1. The van der Waals surface area contributed by atoms with Gasteiger partial charge in [-0.05, 0) is 67.5 Å². The number of hydrogen-bond acceptors (Lipinski definition) is 7. The summed E-state index contributed by atoms with van der Waals surface area (Å²) in [5.41, 5.74) is 6.66. The van der Waals surface area contributed by atoms with Crippen molar-refractivity contribution >= 4 is 76.7 Å². The fraction of sp³-hybridized carbons (Fsp3) is 0.320. The summed E-state index contributed by atoms with van der Waals surface area (Å²) < 4.78 is 3.86. The Morgan fingerprint density at radius 1 is 1.20 bits per heavy atom. The molecule has 0 aliphatic heterocycles. The molecule has 4 aromatic heterocycles. The van der Waals surface area contributed by atoms with E-state index in [9.17, 15) is 4.79 Å². The van der Waals surface area contributed by atoms with Crippen molar-refractivity contribution in [2.75, 3.05) is 11.1 Å². The summed E-state index contributed by atoms with van der Waals surface area (Å²) in [5.74, 6) is 0.140. The number of aromatic nitrogens is 5. The van der Waals surface area contributed by atoms with Crippen molar-refractivity contribution in [3.05, 3.63) is 51.9 Å². The molecule has 0 radical (unpaired) electrons. The van der Waals surface area contributed by atoms with Crippen LogP contribution in [0.25, 0.3) is 26.1 Å². The average Bonchev–Trinajstić information content (AvgIpc) is 3.58. The molecule has 0 saturated heterocycles. The monoisotopic (exact) mass is 566 g/mol. The van der Waals surface area contributed by atoms with Gasteiger partial charge >= 0.3 is 0 Å². The van der Waals surface area contributed by atoms with Gasteiger partial charge in [-0.15, -0.1) is 21.5 Å². The van der Waals surface area contributed by atoms with Crippen LogP contribution in [0.4, 0.5) is 5.69 Å². The zero-order valence-corrected chi connectivity index (χ0v) is 22.4. The number of anilines is 1. The highest BCUT2D eigenvalue weighted by Gasteiger charge is 2.24. The molecule has 10 heteroatoms. The standard InChI is InChI=1S/C25H23BrN6OS2/c1-2-3-7-18-16-5-4-6-17(16)20-21-22(35-24(20)29-18)23-30-31-25(32(23)13-27-21)34-12-19(33)28-15-10-8-14(26)9-11-15/h8-11,13H,2-7,12H2,1H3,(H,28,33). The van der Waals surface area contributed by atoms with Crippen LogP contribution >= 0.6 is 39.0 Å². The largest absolute Gasteiger partial charge is 0.325 e. The Labute approximate surface area is 218 Å². The fourth-order valence-electron chi connectivity index (χ4n) is 4.73. The summed E-state index contributed by atoms with van der Waals surface area (Å²) in [5, 5.41) is 13.6. The highest BCUT2D eigenvalue weighted by Crippen LogP contribution is 2.41. The molecule has 0 spiro atoms. The minimum Gasteiger partial charge on any atom is -0.325 e. The van der Waals surface area contributed by atoms with E-state index in [1.807, 2.05) is 28.7 Å². The topological polar surface area (TPSA) is 85.1 Å². The number of fused-ring (bicyclic) bond motifs is 7. The summed E-state index contributed by atoms with van der Waals surface area (Å²) in [6.07, 6.45) is 8.55. The van der Waals surface area contributed by atoms with Crippen LogP contribution in [0, 0.1) is 0 Å². The van der Waals surface area contributed by atoms with Crippen LogP contribution in [0.3, 0.4) is 0 Å². The number of hydrogen-bond donors (Lipinski definition) is 1. The van der Waals surface area contributed by atoms with Crippen molar-refractivity contribution in [2.45, 2.75) is 50.6 Å². The fourth-order valence-corrected chi connectivity index (χ4v) is 6.85. The lowest BCUT2D eigenvalue weighted by Gasteiger charge is -2.08. The Balaban J connectivity index is 1.31. The Kier molecular flexibility index (Phi) is 6.19. The molecule has 1 aliphatic carbocycles. The quantitative estimate of drug-likeness (QED) is 0.236. The number of amides is 1. The van der Waals surface area contributed by atoms with E-state index < -0.39 is 0 Å². The highest BCUT2D eigenvalue weighted by atomic mass is 79.9. The minimum atomic E-state index is -0.0932. The second-order valence-corrected chi connectivity index (χ2v) is 11.6. The average molecular weight is 568 g/mol. The lowest BCUT2D eigenvalue weighted by Crippen LogP contribution is -2.14. The molecular formula is C25H23BrN6OS2. The third-order valence-electron chi connectivity index (χ3n) is 6.37. The molecule has 1 aromatic carbocycles. The first-order valence-corrected chi connectivity index (χ1v) is 14.4. The summed E-state index contributed by atoms with van der Waals surface area (Å²) >= 11 is 6.41. The molecule has 0 atom stereocenters. The van der Waals surface area contributed by atoms with Gasteiger partial charge in [0.1, 0.15) is 15.9 Å².